The number of ketones is 1. The minimum atomic E-state index is -4.67. The van der Waals surface area contributed by atoms with Crippen molar-refractivity contribution in [3.8, 4) is 0 Å². The summed E-state index contributed by atoms with van der Waals surface area (Å²) in [5.41, 5.74) is -5.15. The average molecular weight is 363 g/mol. The molecule has 0 fully saturated rings. The van der Waals surface area contributed by atoms with Gasteiger partial charge in [0.1, 0.15) is 5.78 Å². The Kier molecular flexibility index (Phi) is 5.37. The van der Waals surface area contributed by atoms with Crippen molar-refractivity contribution in [3.05, 3.63) is 29.3 Å². The van der Waals surface area contributed by atoms with Crippen LogP contribution in [0.4, 0.5) is 22.0 Å². The number of Topliss-reactive ketones (excluding diaryl/α,β-unsaturated/α-hetero) is 1. The summed E-state index contributed by atoms with van der Waals surface area (Å²) in [6.45, 7) is 1.25. The van der Waals surface area contributed by atoms with Gasteiger partial charge in [0.15, 0.2) is 0 Å². The first-order valence-corrected chi connectivity index (χ1v) is 6.67. The Bertz CT molecular complexity index is 475. The summed E-state index contributed by atoms with van der Waals surface area (Å²) in [6.07, 6.45) is -3.01. The van der Waals surface area contributed by atoms with Crippen LogP contribution in [-0.2, 0) is 4.79 Å². The van der Waals surface area contributed by atoms with Gasteiger partial charge in [-0.3, -0.25) is 4.79 Å². The summed E-state index contributed by atoms with van der Waals surface area (Å²) in [5, 5.41) is 0. The molecule has 0 N–H and O–H groups in total. The summed E-state index contributed by atoms with van der Waals surface area (Å²) in [5.74, 6) is -0.326. The van der Waals surface area contributed by atoms with Gasteiger partial charge < -0.3 is 0 Å². The molecule has 0 aliphatic carbocycles. The third kappa shape index (κ3) is 4.76. The number of hydrogen-bond donors (Lipinski definition) is 0. The van der Waals surface area contributed by atoms with Crippen molar-refractivity contribution in [3.63, 3.8) is 0 Å². The number of alkyl halides is 6. The van der Waals surface area contributed by atoms with Crippen LogP contribution >= 0.6 is 27.7 Å². The van der Waals surface area contributed by atoms with Crippen LogP contribution in [0.3, 0.4) is 0 Å². The van der Waals surface area contributed by atoms with Gasteiger partial charge in [-0.05, 0) is 30.3 Å². The molecule has 1 nitrogen and oxygen atoms in total. The zero-order valence-electron chi connectivity index (χ0n) is 9.47. The van der Waals surface area contributed by atoms with Crippen molar-refractivity contribution >= 4 is 33.5 Å². The third-order valence-corrected chi connectivity index (χ3v) is 4.13. The maximum absolute atomic E-state index is 12.6. The highest BCUT2D eigenvalue weighted by atomic mass is 79.9. The van der Waals surface area contributed by atoms with E-state index in [0.717, 1.165) is 12.1 Å². The van der Waals surface area contributed by atoms with Gasteiger partial charge in [-0.15, -0.1) is 0 Å². The molecule has 0 saturated carbocycles. The molecule has 19 heavy (non-hydrogen) atoms. The van der Waals surface area contributed by atoms with E-state index in [1.54, 1.807) is 0 Å². The molecule has 0 radical (unpaired) electrons. The summed E-state index contributed by atoms with van der Waals surface area (Å²) >= 11 is 2.39. The molecule has 0 aliphatic heterocycles. The SMILES string of the molecule is CC(=O)C(Br)c1ccc(C(F)F)c(SC(F)(F)F)c1. The largest absolute Gasteiger partial charge is 0.446 e. The van der Waals surface area contributed by atoms with E-state index in [-0.39, 0.29) is 11.3 Å². The zero-order valence-corrected chi connectivity index (χ0v) is 11.9. The van der Waals surface area contributed by atoms with Crippen molar-refractivity contribution in [2.24, 2.45) is 0 Å². The molecule has 0 aliphatic rings. The molecule has 1 rings (SSSR count). The average Bonchev–Trinajstić information content (AvgIpc) is 2.25. The Morgan fingerprint density at radius 2 is 1.89 bits per heavy atom. The first-order chi connectivity index (χ1) is 8.61. The van der Waals surface area contributed by atoms with Gasteiger partial charge in [-0.2, -0.15) is 13.2 Å². The van der Waals surface area contributed by atoms with Gasteiger partial charge in [0, 0.05) is 10.5 Å². The Labute approximate surface area is 118 Å². The van der Waals surface area contributed by atoms with Crippen molar-refractivity contribution in [2.75, 3.05) is 0 Å². The number of halogens is 6. The Morgan fingerprint density at radius 1 is 1.32 bits per heavy atom. The topological polar surface area (TPSA) is 17.1 Å². The van der Waals surface area contributed by atoms with Gasteiger partial charge in [-0.25, -0.2) is 8.78 Å². The molecule has 106 valence electrons. The Balaban J connectivity index is 3.22. The molecule has 0 spiro atoms. The van der Waals surface area contributed by atoms with Gasteiger partial charge in [0.05, 0.1) is 4.83 Å². The van der Waals surface area contributed by atoms with Crippen LogP contribution in [0, 0.1) is 0 Å². The summed E-state index contributed by atoms with van der Waals surface area (Å²) in [6, 6.07) is 3.08. The first kappa shape index (κ1) is 16.4. The van der Waals surface area contributed by atoms with E-state index in [1.807, 2.05) is 0 Å². The fourth-order valence-corrected chi connectivity index (χ4v) is 2.34. The quantitative estimate of drug-likeness (QED) is 0.412. The smallest absolute Gasteiger partial charge is 0.298 e. The highest BCUT2D eigenvalue weighted by Gasteiger charge is 2.32. The lowest BCUT2D eigenvalue weighted by Gasteiger charge is -2.14. The van der Waals surface area contributed by atoms with Crippen LogP contribution in [0.5, 0.6) is 0 Å². The van der Waals surface area contributed by atoms with Crippen LogP contribution in [-0.4, -0.2) is 11.3 Å². The second-order valence-electron chi connectivity index (χ2n) is 3.62. The van der Waals surface area contributed by atoms with E-state index >= 15 is 0 Å². The fourth-order valence-electron chi connectivity index (χ4n) is 1.34. The molecule has 1 unspecified atom stereocenters. The van der Waals surface area contributed by atoms with Crippen molar-refractivity contribution in [2.45, 2.75) is 28.6 Å². The van der Waals surface area contributed by atoms with E-state index in [1.165, 1.54) is 13.0 Å². The second-order valence-corrected chi connectivity index (χ2v) is 5.64. The van der Waals surface area contributed by atoms with Crippen LogP contribution in [0.2, 0.25) is 0 Å². The van der Waals surface area contributed by atoms with Crippen LogP contribution in [0.25, 0.3) is 0 Å². The molecule has 0 bridgehead atoms. The number of carbonyl (C=O) groups is 1. The molecule has 0 saturated heterocycles. The summed E-state index contributed by atoms with van der Waals surface area (Å²) in [7, 11) is 0. The van der Waals surface area contributed by atoms with E-state index < -0.39 is 39.0 Å². The Hall–Kier alpha value is -0.630. The van der Waals surface area contributed by atoms with Gasteiger partial charge in [-0.1, -0.05) is 28.1 Å². The fraction of sp³-hybridized carbons (Fsp3) is 0.364. The van der Waals surface area contributed by atoms with Gasteiger partial charge in [0.2, 0.25) is 0 Å². The van der Waals surface area contributed by atoms with Crippen molar-refractivity contribution < 1.29 is 26.7 Å². The second kappa shape index (κ2) is 6.21. The Morgan fingerprint density at radius 3 is 2.32 bits per heavy atom. The molecule has 0 heterocycles. The maximum atomic E-state index is 12.6. The molecule has 1 aromatic carbocycles. The van der Waals surface area contributed by atoms with Crippen molar-refractivity contribution in [1.29, 1.82) is 0 Å². The van der Waals surface area contributed by atoms with E-state index in [2.05, 4.69) is 15.9 Å². The van der Waals surface area contributed by atoms with E-state index in [4.69, 9.17) is 0 Å². The van der Waals surface area contributed by atoms with Crippen molar-refractivity contribution in [1.82, 2.24) is 0 Å². The predicted octanol–water partition coefficient (Wildman–Crippen LogP) is 5.26. The lowest BCUT2D eigenvalue weighted by molar-refractivity contribution is -0.116. The number of thioether (sulfide) groups is 1. The standard InChI is InChI=1S/C11H8BrF5OS/c1-5(18)9(12)6-2-3-7(10(13)14)8(4-6)19-11(15,16)17/h2-4,9-10H,1H3. The lowest BCUT2D eigenvalue weighted by Crippen LogP contribution is -2.05. The third-order valence-electron chi connectivity index (χ3n) is 2.15. The zero-order chi connectivity index (χ0) is 14.8. The summed E-state index contributed by atoms with van der Waals surface area (Å²) < 4.78 is 62.2. The lowest BCUT2D eigenvalue weighted by atomic mass is 10.1. The number of hydrogen-bond acceptors (Lipinski definition) is 2. The molecular weight excluding hydrogens is 355 g/mol. The number of carbonyl (C=O) groups excluding carboxylic acids is 1. The van der Waals surface area contributed by atoms with Crippen LogP contribution in [0.1, 0.15) is 29.3 Å². The molecule has 8 heteroatoms. The monoisotopic (exact) mass is 362 g/mol. The minimum absolute atomic E-state index is 0.212. The van der Waals surface area contributed by atoms with Gasteiger partial charge in [0.25, 0.3) is 6.43 Å². The minimum Gasteiger partial charge on any atom is -0.298 e. The van der Waals surface area contributed by atoms with Crippen LogP contribution < -0.4 is 0 Å². The highest BCUT2D eigenvalue weighted by Crippen LogP contribution is 2.42. The van der Waals surface area contributed by atoms with E-state index in [0.29, 0.717) is 0 Å². The normalized spacial score (nSPS) is 13.7. The van der Waals surface area contributed by atoms with Crippen LogP contribution in [0.15, 0.2) is 23.1 Å². The molecular formula is C11H8BrF5OS. The highest BCUT2D eigenvalue weighted by molar-refractivity contribution is 9.09. The number of benzene rings is 1. The molecule has 1 aromatic rings. The maximum Gasteiger partial charge on any atom is 0.446 e. The van der Waals surface area contributed by atoms with E-state index in [9.17, 15) is 26.7 Å². The predicted molar refractivity (Wildman–Crippen MR) is 65.7 cm³/mol. The van der Waals surface area contributed by atoms with Gasteiger partial charge >= 0.3 is 5.51 Å². The summed E-state index contributed by atoms with van der Waals surface area (Å²) in [4.78, 5) is 9.73. The molecule has 0 aromatic heterocycles. The first-order valence-electron chi connectivity index (χ1n) is 4.94. The molecule has 1 atom stereocenters. The number of rotatable bonds is 4. The molecule has 0 amide bonds.